The Bertz CT molecular complexity index is 606. The topological polar surface area (TPSA) is 41.5 Å². The van der Waals surface area contributed by atoms with E-state index in [1.807, 2.05) is 42.5 Å². The molecular weight excluding hydrogens is 401 g/mol. The molecule has 0 aliphatic heterocycles. The van der Waals surface area contributed by atoms with Gasteiger partial charge in [0.25, 0.3) is 0 Å². The van der Waals surface area contributed by atoms with Crippen molar-refractivity contribution < 1.29 is 9.84 Å². The quantitative estimate of drug-likeness (QED) is 0.689. The van der Waals surface area contributed by atoms with E-state index in [-0.39, 0.29) is 18.5 Å². The molecule has 0 radical (unpaired) electrons. The van der Waals surface area contributed by atoms with E-state index >= 15 is 0 Å². The molecule has 0 fully saturated rings. The zero-order chi connectivity index (χ0) is 15.9. The van der Waals surface area contributed by atoms with Crippen molar-refractivity contribution in [2.45, 2.75) is 26.2 Å². The first-order valence-corrected chi connectivity index (χ1v) is 8.26. The fourth-order valence-corrected chi connectivity index (χ4v) is 2.61. The maximum absolute atomic E-state index is 9.22. The minimum absolute atomic E-state index is 0. The molecule has 2 rings (SSSR count). The van der Waals surface area contributed by atoms with Crippen LogP contribution < -0.4 is 10.1 Å². The number of aliphatic hydroxyl groups excluding tert-OH is 1. The molecule has 0 saturated heterocycles. The zero-order valence-electron chi connectivity index (χ0n) is 12.8. The molecule has 0 heterocycles. The highest BCUT2D eigenvalue weighted by atomic mass is 79.9. The second-order valence-corrected chi connectivity index (χ2v) is 6.45. The SMILES string of the molecule is CC(O)CNCc1ccc(OCc2ccc(Cl)cc2)c(Br)c1.Cl. The van der Waals surface area contributed by atoms with E-state index in [1.165, 1.54) is 0 Å². The van der Waals surface area contributed by atoms with Gasteiger partial charge in [-0.2, -0.15) is 0 Å². The van der Waals surface area contributed by atoms with Crippen LogP contribution in [0, 0.1) is 0 Å². The van der Waals surface area contributed by atoms with Crippen molar-refractivity contribution in [1.82, 2.24) is 5.32 Å². The molecule has 6 heteroatoms. The number of halogens is 3. The lowest BCUT2D eigenvalue weighted by atomic mass is 10.2. The van der Waals surface area contributed by atoms with Gasteiger partial charge in [-0.15, -0.1) is 12.4 Å². The number of rotatable bonds is 7. The van der Waals surface area contributed by atoms with Gasteiger partial charge >= 0.3 is 0 Å². The van der Waals surface area contributed by atoms with Crippen LogP contribution in [-0.2, 0) is 13.2 Å². The lowest BCUT2D eigenvalue weighted by molar-refractivity contribution is 0.191. The van der Waals surface area contributed by atoms with Crippen LogP contribution in [0.25, 0.3) is 0 Å². The fraction of sp³-hybridized carbons (Fsp3) is 0.294. The maximum atomic E-state index is 9.22. The second-order valence-electron chi connectivity index (χ2n) is 5.16. The Labute approximate surface area is 156 Å². The molecule has 1 unspecified atom stereocenters. The van der Waals surface area contributed by atoms with Gasteiger partial charge in [-0.1, -0.05) is 29.8 Å². The standard InChI is InChI=1S/C17H19BrClNO2.ClH/c1-12(21)9-20-10-14-4-7-17(16(18)8-14)22-11-13-2-5-15(19)6-3-13;/h2-8,12,20-21H,9-11H2,1H3;1H. The minimum Gasteiger partial charge on any atom is -0.488 e. The molecular formula is C17H20BrCl2NO2. The summed E-state index contributed by atoms with van der Waals surface area (Å²) in [6, 6.07) is 13.6. The van der Waals surface area contributed by atoms with Crippen LogP contribution in [0.5, 0.6) is 5.75 Å². The van der Waals surface area contributed by atoms with Crippen molar-refractivity contribution in [1.29, 1.82) is 0 Å². The van der Waals surface area contributed by atoms with E-state index in [9.17, 15) is 5.11 Å². The molecule has 1 atom stereocenters. The molecule has 0 bridgehead atoms. The summed E-state index contributed by atoms with van der Waals surface area (Å²) < 4.78 is 6.72. The number of hydrogen-bond donors (Lipinski definition) is 2. The largest absolute Gasteiger partial charge is 0.488 e. The van der Waals surface area contributed by atoms with Gasteiger partial charge in [0.05, 0.1) is 10.6 Å². The van der Waals surface area contributed by atoms with Crippen molar-refractivity contribution in [3.8, 4) is 5.75 Å². The monoisotopic (exact) mass is 419 g/mol. The first kappa shape index (κ1) is 20.3. The highest BCUT2D eigenvalue weighted by molar-refractivity contribution is 9.10. The van der Waals surface area contributed by atoms with Crippen LogP contribution in [-0.4, -0.2) is 17.8 Å². The van der Waals surface area contributed by atoms with E-state index in [0.717, 1.165) is 26.4 Å². The lowest BCUT2D eigenvalue weighted by Crippen LogP contribution is -2.23. The van der Waals surface area contributed by atoms with Gasteiger partial charge in [0.15, 0.2) is 0 Å². The molecule has 23 heavy (non-hydrogen) atoms. The van der Waals surface area contributed by atoms with Gasteiger partial charge in [0.1, 0.15) is 12.4 Å². The van der Waals surface area contributed by atoms with E-state index < -0.39 is 0 Å². The summed E-state index contributed by atoms with van der Waals surface area (Å²) in [6.07, 6.45) is -0.342. The number of hydrogen-bond acceptors (Lipinski definition) is 3. The predicted molar refractivity (Wildman–Crippen MR) is 101 cm³/mol. The molecule has 0 aromatic heterocycles. The number of nitrogens with one attached hydrogen (secondary N) is 1. The van der Waals surface area contributed by atoms with E-state index in [0.29, 0.717) is 19.7 Å². The molecule has 0 spiro atoms. The Hall–Kier alpha value is -0.780. The van der Waals surface area contributed by atoms with Crippen molar-refractivity contribution in [3.63, 3.8) is 0 Å². The average molecular weight is 421 g/mol. The van der Waals surface area contributed by atoms with Gasteiger partial charge in [-0.05, 0) is 58.2 Å². The Morgan fingerprint density at radius 2 is 1.83 bits per heavy atom. The molecule has 0 aliphatic rings. The van der Waals surface area contributed by atoms with Crippen LogP contribution >= 0.6 is 39.9 Å². The third kappa shape index (κ3) is 7.10. The normalized spacial score (nSPS) is 11.7. The van der Waals surface area contributed by atoms with Gasteiger partial charge in [0, 0.05) is 18.1 Å². The number of ether oxygens (including phenoxy) is 1. The number of aliphatic hydroxyl groups is 1. The maximum Gasteiger partial charge on any atom is 0.134 e. The minimum atomic E-state index is -0.342. The molecule has 3 nitrogen and oxygen atoms in total. The average Bonchev–Trinajstić information content (AvgIpc) is 2.48. The third-order valence-electron chi connectivity index (χ3n) is 3.07. The van der Waals surface area contributed by atoms with Gasteiger partial charge in [-0.3, -0.25) is 0 Å². The molecule has 2 aromatic rings. The third-order valence-corrected chi connectivity index (χ3v) is 3.94. The molecule has 0 amide bonds. The Morgan fingerprint density at radius 3 is 2.43 bits per heavy atom. The Kier molecular flexibility index (Phi) is 8.95. The molecule has 0 saturated carbocycles. The summed E-state index contributed by atoms with van der Waals surface area (Å²) >= 11 is 9.39. The van der Waals surface area contributed by atoms with Crippen LogP contribution in [0.4, 0.5) is 0 Å². The first-order chi connectivity index (χ1) is 10.5. The smallest absolute Gasteiger partial charge is 0.134 e. The summed E-state index contributed by atoms with van der Waals surface area (Å²) in [5, 5.41) is 13.1. The summed E-state index contributed by atoms with van der Waals surface area (Å²) in [6.45, 7) is 3.54. The predicted octanol–water partition coefficient (Wildman–Crippen LogP) is 4.57. The van der Waals surface area contributed by atoms with Crippen molar-refractivity contribution in [2.75, 3.05) is 6.54 Å². The van der Waals surface area contributed by atoms with E-state index in [2.05, 4.69) is 21.2 Å². The van der Waals surface area contributed by atoms with Gasteiger partial charge in [0.2, 0.25) is 0 Å². The molecule has 2 N–H and O–H groups in total. The Balaban J connectivity index is 0.00000264. The molecule has 126 valence electrons. The zero-order valence-corrected chi connectivity index (χ0v) is 15.9. The van der Waals surface area contributed by atoms with E-state index in [4.69, 9.17) is 16.3 Å². The van der Waals surface area contributed by atoms with Crippen LogP contribution in [0.2, 0.25) is 5.02 Å². The summed E-state index contributed by atoms with van der Waals surface area (Å²) in [5.41, 5.74) is 2.20. The van der Waals surface area contributed by atoms with Crippen molar-refractivity contribution >= 4 is 39.9 Å². The van der Waals surface area contributed by atoms with Gasteiger partial charge in [-0.25, -0.2) is 0 Å². The van der Waals surface area contributed by atoms with Crippen molar-refractivity contribution in [2.24, 2.45) is 0 Å². The highest BCUT2D eigenvalue weighted by Gasteiger charge is 2.04. The van der Waals surface area contributed by atoms with Crippen molar-refractivity contribution in [3.05, 3.63) is 63.1 Å². The molecule has 2 aromatic carbocycles. The van der Waals surface area contributed by atoms with Crippen LogP contribution in [0.1, 0.15) is 18.1 Å². The number of benzene rings is 2. The lowest BCUT2D eigenvalue weighted by Gasteiger charge is -2.11. The van der Waals surface area contributed by atoms with Crippen LogP contribution in [0.15, 0.2) is 46.9 Å². The van der Waals surface area contributed by atoms with Crippen LogP contribution in [0.3, 0.4) is 0 Å². The second kappa shape index (κ2) is 10.2. The molecule has 0 aliphatic carbocycles. The Morgan fingerprint density at radius 1 is 1.17 bits per heavy atom. The summed E-state index contributed by atoms with van der Waals surface area (Å²) in [4.78, 5) is 0. The summed E-state index contributed by atoms with van der Waals surface area (Å²) in [5.74, 6) is 0.800. The fourth-order valence-electron chi connectivity index (χ4n) is 1.94. The van der Waals surface area contributed by atoms with Gasteiger partial charge < -0.3 is 15.2 Å². The first-order valence-electron chi connectivity index (χ1n) is 7.09. The van der Waals surface area contributed by atoms with E-state index in [1.54, 1.807) is 6.92 Å². The summed E-state index contributed by atoms with van der Waals surface area (Å²) in [7, 11) is 0. The highest BCUT2D eigenvalue weighted by Crippen LogP contribution is 2.27.